The van der Waals surface area contributed by atoms with E-state index in [2.05, 4.69) is 5.32 Å². The summed E-state index contributed by atoms with van der Waals surface area (Å²) in [5.74, 6) is -0.341. The van der Waals surface area contributed by atoms with Crippen LogP contribution in [0.5, 0.6) is 5.75 Å². The Morgan fingerprint density at radius 2 is 1.71 bits per heavy atom. The first-order valence-electron chi connectivity index (χ1n) is 6.21. The van der Waals surface area contributed by atoms with E-state index in [1.54, 1.807) is 30.3 Å². The van der Waals surface area contributed by atoms with Crippen molar-refractivity contribution in [3.63, 3.8) is 0 Å². The molecule has 2 rings (SSSR count). The Hall–Kier alpha value is -1.91. The third-order valence-corrected chi connectivity index (χ3v) is 3.10. The van der Waals surface area contributed by atoms with Gasteiger partial charge in [-0.3, -0.25) is 0 Å². The zero-order chi connectivity index (χ0) is 15.2. The topological polar surface area (TPSA) is 58.6 Å². The molecule has 0 aliphatic carbocycles. The quantitative estimate of drug-likeness (QED) is 0.782. The van der Waals surface area contributed by atoms with Crippen LogP contribution in [0.3, 0.4) is 0 Å². The van der Waals surface area contributed by atoms with Crippen LogP contribution in [0.15, 0.2) is 42.5 Å². The van der Waals surface area contributed by atoms with E-state index in [1.807, 2.05) is 0 Å². The van der Waals surface area contributed by atoms with Gasteiger partial charge in [-0.2, -0.15) is 0 Å². The van der Waals surface area contributed by atoms with Crippen LogP contribution in [0.1, 0.15) is 10.4 Å². The van der Waals surface area contributed by atoms with E-state index in [9.17, 15) is 4.79 Å². The zero-order valence-corrected chi connectivity index (χ0v) is 12.5. The Balaban J connectivity index is 1.80. The number of carbonyl (C=O) groups is 1. The number of hydrogen-bond acceptors (Lipinski definition) is 3. The number of halogens is 2. The van der Waals surface area contributed by atoms with E-state index in [4.69, 9.17) is 33.0 Å². The van der Waals surface area contributed by atoms with Crippen molar-refractivity contribution in [3.05, 3.63) is 58.1 Å². The Bertz CT molecular complexity index is 609. The van der Waals surface area contributed by atoms with E-state index in [-0.39, 0.29) is 5.56 Å². The predicted molar refractivity (Wildman–Crippen MR) is 83.8 cm³/mol. The average molecular weight is 326 g/mol. The Morgan fingerprint density at radius 1 is 1.10 bits per heavy atom. The monoisotopic (exact) mass is 325 g/mol. The predicted octanol–water partition coefficient (Wildman–Crippen LogP) is 4.18. The van der Waals surface area contributed by atoms with Gasteiger partial charge in [-0.15, -0.1) is 0 Å². The SMILES string of the molecule is O=C(O)c1ccc(OCCNc2cc(Cl)cc(Cl)c2)cc1. The molecule has 2 aromatic rings. The minimum atomic E-state index is -0.957. The molecule has 2 aromatic carbocycles. The van der Waals surface area contributed by atoms with Crippen LogP contribution < -0.4 is 10.1 Å². The molecular weight excluding hydrogens is 313 g/mol. The lowest BCUT2D eigenvalue weighted by molar-refractivity contribution is 0.0697. The van der Waals surface area contributed by atoms with Gasteiger partial charge in [0, 0.05) is 22.3 Å². The number of rotatable bonds is 6. The number of carboxylic acid groups (broad SMARTS) is 1. The van der Waals surface area contributed by atoms with Crippen molar-refractivity contribution >= 4 is 34.9 Å². The number of nitrogens with one attached hydrogen (secondary N) is 1. The number of carboxylic acids is 1. The lowest BCUT2D eigenvalue weighted by Gasteiger charge is -2.09. The van der Waals surface area contributed by atoms with Gasteiger partial charge in [0.1, 0.15) is 12.4 Å². The summed E-state index contributed by atoms with van der Waals surface area (Å²) in [4.78, 5) is 10.7. The Kier molecular flexibility index (Phi) is 5.31. The summed E-state index contributed by atoms with van der Waals surface area (Å²) < 4.78 is 5.50. The van der Waals surface area contributed by atoms with Gasteiger partial charge in [0.25, 0.3) is 0 Å². The van der Waals surface area contributed by atoms with E-state index in [1.165, 1.54) is 12.1 Å². The zero-order valence-electron chi connectivity index (χ0n) is 11.0. The lowest BCUT2D eigenvalue weighted by atomic mass is 10.2. The van der Waals surface area contributed by atoms with Crippen molar-refractivity contribution in [2.75, 3.05) is 18.5 Å². The van der Waals surface area contributed by atoms with E-state index in [0.717, 1.165) is 5.69 Å². The Morgan fingerprint density at radius 3 is 2.29 bits per heavy atom. The maximum Gasteiger partial charge on any atom is 0.335 e. The molecular formula is C15H13Cl2NO3. The first-order chi connectivity index (χ1) is 10.0. The summed E-state index contributed by atoms with van der Waals surface area (Å²) in [6.07, 6.45) is 0. The minimum Gasteiger partial charge on any atom is -0.492 e. The summed E-state index contributed by atoms with van der Waals surface area (Å²) in [6.45, 7) is 0.994. The fourth-order valence-corrected chi connectivity index (χ4v) is 2.24. The first kappa shape index (κ1) is 15.5. The molecule has 0 heterocycles. The maximum atomic E-state index is 10.7. The molecule has 110 valence electrons. The molecule has 0 spiro atoms. The van der Waals surface area contributed by atoms with Crippen molar-refractivity contribution < 1.29 is 14.6 Å². The third kappa shape index (κ3) is 4.85. The number of ether oxygens (including phenoxy) is 1. The van der Waals surface area contributed by atoms with Crippen LogP contribution in [0.25, 0.3) is 0 Å². The van der Waals surface area contributed by atoms with Crippen LogP contribution in [-0.4, -0.2) is 24.2 Å². The summed E-state index contributed by atoms with van der Waals surface area (Å²) in [6, 6.07) is 11.5. The second-order valence-corrected chi connectivity index (χ2v) is 5.14. The van der Waals surface area contributed by atoms with Crippen molar-refractivity contribution in [3.8, 4) is 5.75 Å². The maximum absolute atomic E-state index is 10.7. The van der Waals surface area contributed by atoms with Crippen molar-refractivity contribution in [1.82, 2.24) is 0 Å². The fraction of sp³-hybridized carbons (Fsp3) is 0.133. The number of anilines is 1. The molecule has 2 N–H and O–H groups in total. The summed E-state index contributed by atoms with van der Waals surface area (Å²) in [5.41, 5.74) is 1.05. The van der Waals surface area contributed by atoms with Gasteiger partial charge >= 0.3 is 5.97 Å². The highest BCUT2D eigenvalue weighted by Gasteiger charge is 2.02. The molecule has 0 aliphatic rings. The molecule has 0 unspecified atom stereocenters. The third-order valence-electron chi connectivity index (χ3n) is 2.66. The average Bonchev–Trinajstić information content (AvgIpc) is 2.43. The lowest BCUT2D eigenvalue weighted by Crippen LogP contribution is -2.11. The van der Waals surface area contributed by atoms with Crippen LogP contribution >= 0.6 is 23.2 Å². The van der Waals surface area contributed by atoms with Crippen molar-refractivity contribution in [1.29, 1.82) is 0 Å². The molecule has 0 saturated heterocycles. The standard InChI is InChI=1S/C15H13Cl2NO3/c16-11-7-12(17)9-13(8-11)18-5-6-21-14-3-1-10(2-4-14)15(19)20/h1-4,7-9,18H,5-6H2,(H,19,20). The van der Waals surface area contributed by atoms with Gasteiger partial charge < -0.3 is 15.2 Å². The molecule has 0 bridgehead atoms. The molecule has 0 fully saturated rings. The van der Waals surface area contributed by atoms with Crippen LogP contribution in [0.4, 0.5) is 5.69 Å². The largest absolute Gasteiger partial charge is 0.492 e. The fourth-order valence-electron chi connectivity index (χ4n) is 1.71. The van der Waals surface area contributed by atoms with Crippen molar-refractivity contribution in [2.24, 2.45) is 0 Å². The molecule has 6 heteroatoms. The van der Waals surface area contributed by atoms with E-state index >= 15 is 0 Å². The van der Waals surface area contributed by atoms with E-state index < -0.39 is 5.97 Å². The van der Waals surface area contributed by atoms with Crippen LogP contribution in [0.2, 0.25) is 10.0 Å². The molecule has 0 saturated carbocycles. The Labute approximate surface area is 132 Å². The smallest absolute Gasteiger partial charge is 0.335 e. The molecule has 4 nitrogen and oxygen atoms in total. The highest BCUT2D eigenvalue weighted by Crippen LogP contribution is 2.22. The van der Waals surface area contributed by atoms with Crippen LogP contribution in [0, 0.1) is 0 Å². The molecule has 21 heavy (non-hydrogen) atoms. The second-order valence-electron chi connectivity index (χ2n) is 4.26. The number of benzene rings is 2. The summed E-state index contributed by atoms with van der Waals surface area (Å²) in [5, 5.41) is 13.1. The molecule has 0 amide bonds. The van der Waals surface area contributed by atoms with Gasteiger partial charge in [0.05, 0.1) is 5.56 Å². The molecule has 0 radical (unpaired) electrons. The van der Waals surface area contributed by atoms with Gasteiger partial charge in [-0.05, 0) is 42.5 Å². The van der Waals surface area contributed by atoms with Crippen molar-refractivity contribution in [2.45, 2.75) is 0 Å². The number of aromatic carboxylic acids is 1. The summed E-state index contributed by atoms with van der Waals surface area (Å²) in [7, 11) is 0. The molecule has 0 aromatic heterocycles. The minimum absolute atomic E-state index is 0.231. The normalized spacial score (nSPS) is 10.2. The number of hydrogen-bond donors (Lipinski definition) is 2. The van der Waals surface area contributed by atoms with Gasteiger partial charge in [0.15, 0.2) is 0 Å². The second kappa shape index (κ2) is 7.20. The van der Waals surface area contributed by atoms with Crippen LogP contribution in [-0.2, 0) is 0 Å². The van der Waals surface area contributed by atoms with Gasteiger partial charge in [-0.1, -0.05) is 23.2 Å². The highest BCUT2D eigenvalue weighted by molar-refractivity contribution is 6.35. The van der Waals surface area contributed by atoms with E-state index in [0.29, 0.717) is 28.9 Å². The summed E-state index contributed by atoms with van der Waals surface area (Å²) >= 11 is 11.8. The molecule has 0 atom stereocenters. The van der Waals surface area contributed by atoms with Gasteiger partial charge in [-0.25, -0.2) is 4.79 Å². The first-order valence-corrected chi connectivity index (χ1v) is 6.96. The highest BCUT2D eigenvalue weighted by atomic mass is 35.5. The molecule has 0 aliphatic heterocycles. The van der Waals surface area contributed by atoms with Gasteiger partial charge in [0.2, 0.25) is 0 Å².